The maximum Gasteiger partial charge on any atom is 0.105 e. The summed E-state index contributed by atoms with van der Waals surface area (Å²) in [5.41, 5.74) is 5.19. The molecule has 3 N–H and O–H groups in total. The fourth-order valence-electron chi connectivity index (χ4n) is 0.394. The van der Waals surface area contributed by atoms with Gasteiger partial charge in [-0.05, 0) is 11.8 Å². The van der Waals surface area contributed by atoms with Crippen LogP contribution in [-0.2, 0) is 0 Å². The van der Waals surface area contributed by atoms with Gasteiger partial charge in [-0.1, -0.05) is 20.8 Å². The Morgan fingerprint density at radius 3 is 1.62 bits per heavy atom. The van der Waals surface area contributed by atoms with Crippen molar-refractivity contribution in [3.05, 3.63) is 0 Å². The number of aliphatic hydroxyl groups excluding tert-OH is 1. The first-order valence-electron chi connectivity index (χ1n) is 2.99. The molecule has 0 bridgehead atoms. The molecule has 0 rings (SSSR count). The maximum atomic E-state index is 8.77. The molecule has 0 saturated carbocycles. The molecule has 0 aliphatic heterocycles. The molecule has 0 aromatic rings. The molecule has 2 nitrogen and oxygen atoms in total. The van der Waals surface area contributed by atoms with Crippen LogP contribution in [0, 0.1) is 11.8 Å². The van der Waals surface area contributed by atoms with Crippen molar-refractivity contribution in [3.63, 3.8) is 0 Å². The maximum absolute atomic E-state index is 8.77. The van der Waals surface area contributed by atoms with Crippen molar-refractivity contribution in [3.8, 4) is 0 Å². The molecule has 2 heteroatoms. The second kappa shape index (κ2) is 3.05. The van der Waals surface area contributed by atoms with Crippen LogP contribution < -0.4 is 5.73 Å². The van der Waals surface area contributed by atoms with Gasteiger partial charge in [-0.25, -0.2) is 0 Å². The molecular weight excluding hydrogens is 102 g/mol. The number of rotatable bonds is 2. The third-order valence-corrected chi connectivity index (χ3v) is 1.59. The van der Waals surface area contributed by atoms with Gasteiger partial charge in [-0.2, -0.15) is 0 Å². The van der Waals surface area contributed by atoms with E-state index in [1.165, 1.54) is 0 Å². The zero-order valence-electron chi connectivity index (χ0n) is 5.76. The Morgan fingerprint density at radius 1 is 1.25 bits per heavy atom. The van der Waals surface area contributed by atoms with Crippen molar-refractivity contribution in [2.75, 3.05) is 0 Å². The van der Waals surface area contributed by atoms with E-state index in [2.05, 4.69) is 0 Å². The van der Waals surface area contributed by atoms with Crippen LogP contribution in [0.25, 0.3) is 0 Å². The smallest absolute Gasteiger partial charge is 0.105 e. The molecule has 0 aliphatic rings. The summed E-state index contributed by atoms with van der Waals surface area (Å²) in [5.74, 6) is 0.671. The van der Waals surface area contributed by atoms with Crippen LogP contribution in [0.4, 0.5) is 0 Å². The van der Waals surface area contributed by atoms with E-state index in [0.29, 0.717) is 5.92 Å². The van der Waals surface area contributed by atoms with Crippen molar-refractivity contribution >= 4 is 0 Å². The second-order valence-electron chi connectivity index (χ2n) is 2.59. The molecule has 50 valence electrons. The first-order valence-corrected chi connectivity index (χ1v) is 2.99. The predicted molar refractivity (Wildman–Crippen MR) is 34.2 cm³/mol. The number of aliphatic hydroxyl groups is 1. The number of nitrogens with two attached hydrogens (primary N) is 1. The normalized spacial score (nSPS) is 18.8. The molecule has 0 spiro atoms. The lowest BCUT2D eigenvalue weighted by atomic mass is 9.97. The van der Waals surface area contributed by atoms with Gasteiger partial charge in [0.2, 0.25) is 0 Å². The van der Waals surface area contributed by atoms with Crippen LogP contribution in [0.1, 0.15) is 20.8 Å². The summed E-state index contributed by atoms with van der Waals surface area (Å²) in [6.45, 7) is 6.02. The molecule has 0 aliphatic carbocycles. The zero-order chi connectivity index (χ0) is 6.73. The van der Waals surface area contributed by atoms with Gasteiger partial charge < -0.3 is 10.8 Å². The lowest BCUT2D eigenvalue weighted by molar-refractivity contribution is 0.0980. The summed E-state index contributed by atoms with van der Waals surface area (Å²) in [6.07, 6.45) is -0.657. The Hall–Kier alpha value is -0.0800. The van der Waals surface area contributed by atoms with E-state index in [1.54, 1.807) is 0 Å². The molecule has 0 aromatic heterocycles. The lowest BCUT2D eigenvalue weighted by Gasteiger charge is -2.17. The van der Waals surface area contributed by atoms with Gasteiger partial charge in [0.05, 0.1) is 0 Å². The highest BCUT2D eigenvalue weighted by Crippen LogP contribution is 2.10. The molecule has 0 saturated heterocycles. The quantitative estimate of drug-likeness (QED) is 0.519. The highest BCUT2D eigenvalue weighted by molar-refractivity contribution is 4.60. The van der Waals surface area contributed by atoms with E-state index in [1.807, 2.05) is 20.8 Å². The number of hydrogen-bond donors (Lipinski definition) is 2. The fraction of sp³-hybridized carbons (Fsp3) is 1.00. The number of hydrogen-bond acceptors (Lipinski definition) is 2. The van der Waals surface area contributed by atoms with Gasteiger partial charge >= 0.3 is 0 Å². The van der Waals surface area contributed by atoms with Crippen molar-refractivity contribution in [2.45, 2.75) is 27.0 Å². The van der Waals surface area contributed by atoms with Crippen LogP contribution >= 0.6 is 0 Å². The highest BCUT2D eigenvalue weighted by atomic mass is 16.3. The molecule has 0 aromatic carbocycles. The molecule has 0 heterocycles. The summed E-state index contributed by atoms with van der Waals surface area (Å²) in [6, 6.07) is 0. The fourth-order valence-corrected chi connectivity index (χ4v) is 0.394. The van der Waals surface area contributed by atoms with Gasteiger partial charge in [0.25, 0.3) is 0 Å². The van der Waals surface area contributed by atoms with E-state index in [9.17, 15) is 0 Å². The SMILES string of the molecule is CC(C)[C@H](C)C(N)O. The summed E-state index contributed by atoms with van der Waals surface area (Å²) in [4.78, 5) is 0. The Labute approximate surface area is 50.7 Å². The highest BCUT2D eigenvalue weighted by Gasteiger charge is 2.11. The van der Waals surface area contributed by atoms with Gasteiger partial charge in [0, 0.05) is 0 Å². The summed E-state index contributed by atoms with van der Waals surface area (Å²) in [7, 11) is 0. The molecular formula is C6H15NO. The molecule has 0 amide bonds. The Morgan fingerprint density at radius 2 is 1.62 bits per heavy atom. The first kappa shape index (κ1) is 7.92. The summed E-state index contributed by atoms with van der Waals surface area (Å²) < 4.78 is 0. The Kier molecular flexibility index (Phi) is 3.02. The molecule has 0 fully saturated rings. The monoisotopic (exact) mass is 117 g/mol. The van der Waals surface area contributed by atoms with Crippen molar-refractivity contribution in [1.82, 2.24) is 0 Å². The zero-order valence-corrected chi connectivity index (χ0v) is 5.76. The minimum absolute atomic E-state index is 0.204. The van der Waals surface area contributed by atoms with Gasteiger partial charge in [0.15, 0.2) is 0 Å². The van der Waals surface area contributed by atoms with Crippen LogP contribution in [0.3, 0.4) is 0 Å². The molecule has 8 heavy (non-hydrogen) atoms. The minimum atomic E-state index is -0.657. The van der Waals surface area contributed by atoms with E-state index >= 15 is 0 Å². The first-order chi connectivity index (χ1) is 3.55. The van der Waals surface area contributed by atoms with Gasteiger partial charge in [0.1, 0.15) is 6.23 Å². The van der Waals surface area contributed by atoms with E-state index in [4.69, 9.17) is 10.8 Å². The van der Waals surface area contributed by atoms with Crippen LogP contribution in [0.15, 0.2) is 0 Å². The standard InChI is InChI=1S/C6H15NO/c1-4(2)5(3)6(7)8/h4-6,8H,7H2,1-3H3/t5-,6?/m0/s1. The topological polar surface area (TPSA) is 46.2 Å². The lowest BCUT2D eigenvalue weighted by Crippen LogP contribution is -2.30. The molecule has 0 radical (unpaired) electrons. The van der Waals surface area contributed by atoms with Crippen LogP contribution in [0.5, 0.6) is 0 Å². The van der Waals surface area contributed by atoms with E-state index in [-0.39, 0.29) is 5.92 Å². The van der Waals surface area contributed by atoms with Crippen LogP contribution in [0.2, 0.25) is 0 Å². The molecule has 2 atom stereocenters. The van der Waals surface area contributed by atoms with Gasteiger partial charge in [-0.3, -0.25) is 0 Å². The third kappa shape index (κ3) is 2.28. The van der Waals surface area contributed by atoms with E-state index < -0.39 is 6.23 Å². The summed E-state index contributed by atoms with van der Waals surface area (Å²) >= 11 is 0. The summed E-state index contributed by atoms with van der Waals surface area (Å²) in [5, 5.41) is 8.77. The predicted octanol–water partition coefficient (Wildman–Crippen LogP) is 0.556. The molecule has 1 unspecified atom stereocenters. The second-order valence-corrected chi connectivity index (χ2v) is 2.59. The van der Waals surface area contributed by atoms with Crippen molar-refractivity contribution < 1.29 is 5.11 Å². The average molecular weight is 117 g/mol. The minimum Gasteiger partial charge on any atom is -0.379 e. The Balaban J connectivity index is 3.46. The third-order valence-electron chi connectivity index (χ3n) is 1.59. The largest absolute Gasteiger partial charge is 0.379 e. The van der Waals surface area contributed by atoms with Gasteiger partial charge in [-0.15, -0.1) is 0 Å². The van der Waals surface area contributed by atoms with Crippen molar-refractivity contribution in [2.24, 2.45) is 17.6 Å². The average Bonchev–Trinajstić information content (AvgIpc) is 1.64. The van der Waals surface area contributed by atoms with Crippen molar-refractivity contribution in [1.29, 1.82) is 0 Å². The Bertz CT molecular complexity index is 53.5. The van der Waals surface area contributed by atoms with Crippen LogP contribution in [-0.4, -0.2) is 11.3 Å². The van der Waals surface area contributed by atoms with E-state index in [0.717, 1.165) is 0 Å².